The molecule has 19 heavy (non-hydrogen) atoms. The summed E-state index contributed by atoms with van der Waals surface area (Å²) < 4.78 is 0. The largest absolute Gasteiger partial charge is 0.303 e. The van der Waals surface area contributed by atoms with E-state index in [-0.39, 0.29) is 0 Å². The van der Waals surface area contributed by atoms with Crippen LogP contribution in [0.25, 0.3) is 0 Å². The summed E-state index contributed by atoms with van der Waals surface area (Å²) in [7, 11) is 0. The molecule has 2 atom stereocenters. The van der Waals surface area contributed by atoms with Gasteiger partial charge in [0.05, 0.1) is 0 Å². The van der Waals surface area contributed by atoms with Crippen LogP contribution in [-0.4, -0.2) is 30.3 Å². The lowest BCUT2D eigenvalue weighted by Crippen LogP contribution is -2.38. The minimum atomic E-state index is 0.313. The van der Waals surface area contributed by atoms with E-state index in [4.69, 9.17) is 0 Å². The fourth-order valence-electron chi connectivity index (χ4n) is 3.31. The second-order valence-corrected chi connectivity index (χ2v) is 6.25. The SMILES string of the molecule is CCC1CCC(=O)C(CN(CC)CC(CC)CC)C1. The normalized spacial score (nSPS) is 24.4. The molecule has 0 spiro atoms. The lowest BCUT2D eigenvalue weighted by Gasteiger charge is -2.33. The van der Waals surface area contributed by atoms with Crippen molar-refractivity contribution in [3.05, 3.63) is 0 Å². The van der Waals surface area contributed by atoms with Gasteiger partial charge >= 0.3 is 0 Å². The van der Waals surface area contributed by atoms with Crippen LogP contribution in [0, 0.1) is 17.8 Å². The van der Waals surface area contributed by atoms with E-state index in [0.717, 1.165) is 44.2 Å². The number of Topliss-reactive ketones (excluding diaryl/α,β-unsaturated/α-hetero) is 1. The third-order valence-electron chi connectivity index (χ3n) is 5.05. The van der Waals surface area contributed by atoms with Gasteiger partial charge in [-0.3, -0.25) is 4.79 Å². The summed E-state index contributed by atoms with van der Waals surface area (Å²) in [5, 5.41) is 0. The topological polar surface area (TPSA) is 20.3 Å². The molecule has 0 aromatic carbocycles. The number of ketones is 1. The number of carbonyl (C=O) groups is 1. The third kappa shape index (κ3) is 5.25. The lowest BCUT2D eigenvalue weighted by atomic mass is 9.79. The predicted molar refractivity (Wildman–Crippen MR) is 82.3 cm³/mol. The Hall–Kier alpha value is -0.370. The summed E-state index contributed by atoms with van der Waals surface area (Å²) in [5.41, 5.74) is 0. The predicted octanol–water partition coefficient (Wildman–Crippen LogP) is 4.14. The second kappa shape index (κ2) is 8.73. The fraction of sp³-hybridized carbons (Fsp3) is 0.941. The monoisotopic (exact) mass is 267 g/mol. The van der Waals surface area contributed by atoms with Crippen molar-refractivity contribution in [1.29, 1.82) is 0 Å². The van der Waals surface area contributed by atoms with Crippen LogP contribution in [0.1, 0.15) is 66.2 Å². The van der Waals surface area contributed by atoms with Crippen molar-refractivity contribution < 1.29 is 4.79 Å². The molecule has 0 radical (unpaired) electrons. The Balaban J connectivity index is 2.51. The van der Waals surface area contributed by atoms with Gasteiger partial charge in [0.2, 0.25) is 0 Å². The standard InChI is InChI=1S/C17H33NO/c1-5-14(6-2)12-18(8-4)13-16-11-15(7-3)9-10-17(16)19/h14-16H,5-13H2,1-4H3. The first kappa shape index (κ1) is 16.7. The van der Waals surface area contributed by atoms with Crippen LogP contribution in [0.4, 0.5) is 0 Å². The van der Waals surface area contributed by atoms with Gasteiger partial charge in [0.1, 0.15) is 5.78 Å². The summed E-state index contributed by atoms with van der Waals surface area (Å²) in [4.78, 5) is 14.6. The maximum atomic E-state index is 12.1. The van der Waals surface area contributed by atoms with Gasteiger partial charge in [-0.2, -0.15) is 0 Å². The first-order valence-corrected chi connectivity index (χ1v) is 8.39. The molecule has 1 aliphatic carbocycles. The van der Waals surface area contributed by atoms with Gasteiger partial charge in [-0.1, -0.05) is 47.0 Å². The summed E-state index contributed by atoms with van der Waals surface area (Å²) in [6.07, 6.45) is 6.83. The van der Waals surface area contributed by atoms with Crippen LogP contribution in [0.2, 0.25) is 0 Å². The maximum Gasteiger partial charge on any atom is 0.137 e. The Kier molecular flexibility index (Phi) is 7.67. The molecule has 0 bridgehead atoms. The molecule has 0 aromatic rings. The van der Waals surface area contributed by atoms with Gasteiger partial charge in [-0.05, 0) is 31.2 Å². The number of carbonyl (C=O) groups excluding carboxylic acids is 1. The molecule has 0 heterocycles. The molecule has 0 N–H and O–H groups in total. The quantitative estimate of drug-likeness (QED) is 0.659. The van der Waals surface area contributed by atoms with Gasteiger partial charge < -0.3 is 4.90 Å². The van der Waals surface area contributed by atoms with Crippen LogP contribution >= 0.6 is 0 Å². The summed E-state index contributed by atoms with van der Waals surface area (Å²) in [5.74, 6) is 2.41. The molecule has 2 unspecified atom stereocenters. The van der Waals surface area contributed by atoms with Crippen molar-refractivity contribution in [3.8, 4) is 0 Å². The molecular weight excluding hydrogens is 234 g/mol. The Labute approximate surface area is 119 Å². The van der Waals surface area contributed by atoms with Crippen molar-refractivity contribution in [2.75, 3.05) is 19.6 Å². The van der Waals surface area contributed by atoms with E-state index in [9.17, 15) is 4.79 Å². The van der Waals surface area contributed by atoms with Crippen molar-refractivity contribution in [2.45, 2.75) is 66.2 Å². The van der Waals surface area contributed by atoms with Gasteiger partial charge in [-0.15, -0.1) is 0 Å². The zero-order valence-electron chi connectivity index (χ0n) is 13.5. The summed E-state index contributed by atoms with van der Waals surface area (Å²) in [6.45, 7) is 12.3. The minimum absolute atomic E-state index is 0.313. The van der Waals surface area contributed by atoms with E-state index in [0.29, 0.717) is 11.7 Å². The number of hydrogen-bond acceptors (Lipinski definition) is 2. The van der Waals surface area contributed by atoms with Crippen molar-refractivity contribution >= 4 is 5.78 Å². The molecule has 0 amide bonds. The van der Waals surface area contributed by atoms with Crippen LogP contribution in [0.15, 0.2) is 0 Å². The van der Waals surface area contributed by atoms with Crippen molar-refractivity contribution in [1.82, 2.24) is 4.90 Å². The van der Waals surface area contributed by atoms with E-state index in [1.54, 1.807) is 0 Å². The highest BCUT2D eigenvalue weighted by molar-refractivity contribution is 5.81. The Morgan fingerprint density at radius 1 is 1.21 bits per heavy atom. The third-order valence-corrected chi connectivity index (χ3v) is 5.05. The molecule has 112 valence electrons. The number of hydrogen-bond donors (Lipinski definition) is 0. The maximum absolute atomic E-state index is 12.1. The Morgan fingerprint density at radius 3 is 2.42 bits per heavy atom. The van der Waals surface area contributed by atoms with Gasteiger partial charge in [-0.25, -0.2) is 0 Å². The van der Waals surface area contributed by atoms with Crippen LogP contribution in [0.3, 0.4) is 0 Å². The van der Waals surface area contributed by atoms with E-state index in [2.05, 4.69) is 32.6 Å². The Bertz CT molecular complexity index is 260. The van der Waals surface area contributed by atoms with Crippen molar-refractivity contribution in [2.24, 2.45) is 17.8 Å². The first-order valence-electron chi connectivity index (χ1n) is 8.39. The average Bonchev–Trinajstić information content (AvgIpc) is 2.45. The van der Waals surface area contributed by atoms with Crippen LogP contribution < -0.4 is 0 Å². The molecule has 1 rings (SSSR count). The highest BCUT2D eigenvalue weighted by atomic mass is 16.1. The zero-order valence-corrected chi connectivity index (χ0v) is 13.5. The molecular formula is C17H33NO. The smallest absolute Gasteiger partial charge is 0.137 e. The minimum Gasteiger partial charge on any atom is -0.303 e. The molecule has 2 nitrogen and oxygen atoms in total. The molecule has 0 aliphatic heterocycles. The first-order chi connectivity index (χ1) is 9.14. The Morgan fingerprint density at radius 2 is 1.89 bits per heavy atom. The lowest BCUT2D eigenvalue weighted by molar-refractivity contribution is -0.126. The van der Waals surface area contributed by atoms with E-state index >= 15 is 0 Å². The molecule has 0 saturated heterocycles. The molecule has 1 fully saturated rings. The fourth-order valence-corrected chi connectivity index (χ4v) is 3.31. The van der Waals surface area contributed by atoms with E-state index < -0.39 is 0 Å². The summed E-state index contributed by atoms with van der Waals surface area (Å²) in [6, 6.07) is 0. The highest BCUT2D eigenvalue weighted by Gasteiger charge is 2.29. The van der Waals surface area contributed by atoms with Crippen molar-refractivity contribution in [3.63, 3.8) is 0 Å². The molecule has 0 aromatic heterocycles. The summed E-state index contributed by atoms with van der Waals surface area (Å²) >= 11 is 0. The zero-order chi connectivity index (χ0) is 14.3. The highest BCUT2D eigenvalue weighted by Crippen LogP contribution is 2.29. The molecule has 1 saturated carbocycles. The van der Waals surface area contributed by atoms with Gasteiger partial charge in [0.25, 0.3) is 0 Å². The van der Waals surface area contributed by atoms with Gasteiger partial charge in [0, 0.05) is 25.4 Å². The van der Waals surface area contributed by atoms with E-state index in [1.807, 2.05) is 0 Å². The number of nitrogens with zero attached hydrogens (tertiary/aromatic N) is 1. The van der Waals surface area contributed by atoms with E-state index in [1.165, 1.54) is 25.8 Å². The second-order valence-electron chi connectivity index (χ2n) is 6.25. The average molecular weight is 267 g/mol. The van der Waals surface area contributed by atoms with Gasteiger partial charge in [0.15, 0.2) is 0 Å². The van der Waals surface area contributed by atoms with Crippen LogP contribution in [0.5, 0.6) is 0 Å². The molecule has 1 aliphatic rings. The van der Waals surface area contributed by atoms with Crippen LogP contribution in [-0.2, 0) is 4.79 Å². The molecule has 2 heteroatoms. The number of rotatable bonds is 8.